The third-order valence-corrected chi connectivity index (χ3v) is 6.38. The molecule has 1 aromatic carbocycles. The average Bonchev–Trinajstić information content (AvgIpc) is 3.15. The first kappa shape index (κ1) is 29.1. The Morgan fingerprint density at radius 2 is 1.72 bits per heavy atom. The predicted molar refractivity (Wildman–Crippen MR) is 148 cm³/mol. The van der Waals surface area contributed by atoms with Crippen LogP contribution in [0.5, 0.6) is 0 Å². The zero-order chi connectivity index (χ0) is 27.3. The van der Waals surface area contributed by atoms with Gasteiger partial charge in [0.2, 0.25) is 0 Å². The number of ether oxygens (including phenoxy) is 1. The highest BCUT2D eigenvalue weighted by molar-refractivity contribution is 7.21. The second-order valence-electron chi connectivity index (χ2n) is 8.81. The molecule has 0 saturated carbocycles. The van der Waals surface area contributed by atoms with Crippen LogP contribution in [0.1, 0.15) is 72.0 Å². The molecule has 5 rings (SSSR count). The number of hydrogen-bond donors (Lipinski definition) is 3. The van der Waals surface area contributed by atoms with Crippen LogP contribution < -0.4 is 16.2 Å². The van der Waals surface area contributed by atoms with Gasteiger partial charge in [0.15, 0.2) is 0 Å². The second kappa shape index (κ2) is 11.7. The van der Waals surface area contributed by atoms with Crippen molar-refractivity contribution in [3.8, 4) is 0 Å². The molecule has 36 heavy (non-hydrogen) atoms. The van der Waals surface area contributed by atoms with Crippen LogP contribution in [0.2, 0.25) is 0 Å². The Morgan fingerprint density at radius 1 is 1.08 bits per heavy atom. The molecular weight excluding hydrogens is 478 g/mol. The molecule has 1 spiro atoms. The molecule has 1 saturated heterocycles. The van der Waals surface area contributed by atoms with Gasteiger partial charge in [0.1, 0.15) is 10.5 Å². The Morgan fingerprint density at radius 3 is 2.33 bits per heavy atom. The molecule has 3 N–H and O–H groups in total. The van der Waals surface area contributed by atoms with Gasteiger partial charge < -0.3 is 25.3 Å². The van der Waals surface area contributed by atoms with E-state index >= 15 is 0 Å². The van der Waals surface area contributed by atoms with Gasteiger partial charge >= 0.3 is 6.09 Å². The smallest absolute Gasteiger partial charge is 0.410 e. The number of H-pyrrole nitrogens is 1. The topological polar surface area (TPSA) is 116 Å². The first-order valence-electron chi connectivity index (χ1n) is 12.6. The molecule has 1 fully saturated rings. The number of nitrogens with one attached hydrogen (secondary N) is 3. The Balaban J connectivity index is 0.000000710. The quantitative estimate of drug-likeness (QED) is 0.370. The molecule has 2 aliphatic heterocycles. The maximum atomic E-state index is 13.0. The second-order valence-corrected chi connectivity index (χ2v) is 9.87. The minimum absolute atomic E-state index is 0.183. The highest BCUT2D eigenvalue weighted by Crippen LogP contribution is 2.41. The van der Waals surface area contributed by atoms with Crippen LogP contribution in [0.15, 0.2) is 23.1 Å². The molecule has 0 aliphatic carbocycles. The number of anilines is 1. The minimum Gasteiger partial charge on any atom is -0.444 e. The van der Waals surface area contributed by atoms with Gasteiger partial charge in [0, 0.05) is 16.6 Å². The molecule has 0 atom stereocenters. The zero-order valence-corrected chi connectivity index (χ0v) is 23.6. The van der Waals surface area contributed by atoms with E-state index in [9.17, 15) is 14.4 Å². The number of carbonyl (C=O) groups excluding carboxylic acids is 2. The van der Waals surface area contributed by atoms with Crippen molar-refractivity contribution in [3.05, 3.63) is 33.6 Å². The lowest BCUT2D eigenvalue weighted by Crippen LogP contribution is -2.73. The fourth-order valence-corrected chi connectivity index (χ4v) is 5.03. The van der Waals surface area contributed by atoms with E-state index in [1.807, 2.05) is 68.4 Å². The van der Waals surface area contributed by atoms with E-state index < -0.39 is 11.1 Å². The van der Waals surface area contributed by atoms with Gasteiger partial charge in [0.05, 0.1) is 41.5 Å². The van der Waals surface area contributed by atoms with Gasteiger partial charge in [-0.25, -0.2) is 9.78 Å². The lowest BCUT2D eigenvalue weighted by atomic mass is 9.90. The number of fused-ring (bicyclic) bond motifs is 5. The van der Waals surface area contributed by atoms with Crippen molar-refractivity contribution in [1.82, 2.24) is 20.2 Å². The van der Waals surface area contributed by atoms with E-state index in [0.717, 1.165) is 10.1 Å². The van der Waals surface area contributed by atoms with Gasteiger partial charge in [-0.2, -0.15) is 0 Å². The lowest BCUT2D eigenvalue weighted by molar-refractivity contribution is -0.0123. The minimum atomic E-state index is -0.567. The van der Waals surface area contributed by atoms with Crippen molar-refractivity contribution < 1.29 is 14.3 Å². The average molecular weight is 518 g/mol. The number of aromatic amines is 1. The van der Waals surface area contributed by atoms with Crippen molar-refractivity contribution in [1.29, 1.82) is 0 Å². The number of nitrogens with zero attached hydrogens (tertiary/aromatic N) is 2. The van der Waals surface area contributed by atoms with Gasteiger partial charge in [-0.3, -0.25) is 9.59 Å². The number of rotatable bonds is 0. The van der Waals surface area contributed by atoms with Crippen LogP contribution in [0, 0.1) is 0 Å². The van der Waals surface area contributed by atoms with Crippen molar-refractivity contribution in [2.45, 2.75) is 73.5 Å². The van der Waals surface area contributed by atoms with Crippen molar-refractivity contribution in [2.75, 3.05) is 25.0 Å². The summed E-state index contributed by atoms with van der Waals surface area (Å²) < 4.78 is 6.33. The summed E-state index contributed by atoms with van der Waals surface area (Å²) in [5.74, 6) is -0.183. The summed E-state index contributed by atoms with van der Waals surface area (Å²) in [6.07, 6.45) is 0.861. The first-order valence-corrected chi connectivity index (χ1v) is 13.4. The van der Waals surface area contributed by atoms with E-state index in [-0.39, 0.29) is 17.6 Å². The fraction of sp³-hybridized carbons (Fsp3) is 0.538. The number of amides is 2. The van der Waals surface area contributed by atoms with Crippen LogP contribution in [0.3, 0.4) is 0 Å². The van der Waals surface area contributed by atoms with E-state index in [1.54, 1.807) is 11.0 Å². The number of benzene rings is 1. The molecule has 2 amide bonds. The number of hydrogen-bond acceptors (Lipinski definition) is 7. The molecule has 198 valence electrons. The monoisotopic (exact) mass is 517 g/mol. The van der Waals surface area contributed by atoms with Gasteiger partial charge in [-0.1, -0.05) is 41.5 Å². The van der Waals surface area contributed by atoms with Crippen LogP contribution in [-0.4, -0.2) is 57.6 Å². The van der Waals surface area contributed by atoms with Crippen molar-refractivity contribution >= 4 is 50.1 Å². The van der Waals surface area contributed by atoms with E-state index in [4.69, 9.17) is 4.74 Å². The zero-order valence-electron chi connectivity index (χ0n) is 22.8. The molecule has 10 heteroatoms. The van der Waals surface area contributed by atoms with Crippen molar-refractivity contribution in [2.24, 2.45) is 0 Å². The lowest BCUT2D eigenvalue weighted by Gasteiger charge is -2.49. The van der Waals surface area contributed by atoms with E-state index in [1.165, 1.54) is 17.5 Å². The molecule has 9 nitrogen and oxygen atoms in total. The third kappa shape index (κ3) is 5.80. The molecule has 4 heterocycles. The third-order valence-electron chi connectivity index (χ3n) is 5.22. The first-order chi connectivity index (χ1) is 17.1. The largest absolute Gasteiger partial charge is 0.444 e. The van der Waals surface area contributed by atoms with Crippen LogP contribution in [0.4, 0.5) is 10.5 Å². The SMILES string of the molecule is CC.CC.CC.CC(C)(C)OC(=O)N1CC2(CNc3c(sc4ccc5[nH]c(=O)cnc5c34)C(=O)N2)C1. The maximum Gasteiger partial charge on any atom is 0.410 e. The Kier molecular flexibility index (Phi) is 9.48. The highest BCUT2D eigenvalue weighted by Gasteiger charge is 2.49. The van der Waals surface area contributed by atoms with Gasteiger partial charge in [-0.05, 0) is 32.9 Å². The Bertz CT molecular complexity index is 1270. The molecule has 2 aliphatic rings. The maximum absolute atomic E-state index is 13.0. The summed E-state index contributed by atoms with van der Waals surface area (Å²) in [7, 11) is 0. The molecule has 3 aromatic rings. The summed E-state index contributed by atoms with van der Waals surface area (Å²) in [6, 6.07) is 3.68. The Hall–Kier alpha value is -3.14. The van der Waals surface area contributed by atoms with E-state index in [0.29, 0.717) is 41.2 Å². The number of likely N-dealkylation sites (tertiary alicyclic amines) is 1. The molecule has 0 unspecified atom stereocenters. The number of aromatic nitrogens is 2. The molecule has 0 bridgehead atoms. The van der Waals surface area contributed by atoms with Crippen LogP contribution >= 0.6 is 11.3 Å². The summed E-state index contributed by atoms with van der Waals surface area (Å²) in [4.78, 5) is 46.2. The Labute approximate surface area is 216 Å². The number of thiophene rings is 1. The molecule has 0 radical (unpaired) electrons. The van der Waals surface area contributed by atoms with Crippen LogP contribution in [0.25, 0.3) is 21.1 Å². The number of carbonyl (C=O) groups is 2. The summed E-state index contributed by atoms with van der Waals surface area (Å²) in [6.45, 7) is 18.7. The molecular formula is C26H39N5O4S. The van der Waals surface area contributed by atoms with Gasteiger partial charge in [0.25, 0.3) is 11.5 Å². The van der Waals surface area contributed by atoms with Crippen molar-refractivity contribution in [3.63, 3.8) is 0 Å². The van der Waals surface area contributed by atoms with Gasteiger partial charge in [-0.15, -0.1) is 11.3 Å². The molecule has 2 aromatic heterocycles. The standard InChI is InChI=1S/C20H21N5O4S.3C2H6/c1-19(2,3)29-18(28)25-8-20(9-25)7-22-15-13-11(30-16(15)17(27)24-20)5-4-10-14(13)21-6-12(26)23-10;3*1-2/h4-6,22H,7-9H2,1-3H3,(H,23,26)(H,24,27);3*1-2H3. The summed E-state index contributed by atoms with van der Waals surface area (Å²) >= 11 is 1.38. The summed E-state index contributed by atoms with van der Waals surface area (Å²) in [5, 5.41) is 7.32. The fourth-order valence-electron chi connectivity index (χ4n) is 3.96. The predicted octanol–water partition coefficient (Wildman–Crippen LogP) is 5.36. The van der Waals surface area contributed by atoms with Crippen LogP contribution in [-0.2, 0) is 4.74 Å². The van der Waals surface area contributed by atoms with E-state index in [2.05, 4.69) is 20.6 Å². The highest BCUT2D eigenvalue weighted by atomic mass is 32.1. The normalized spacial score (nSPS) is 15.4. The summed E-state index contributed by atoms with van der Waals surface area (Å²) in [5.41, 5.74) is 0.588.